The summed E-state index contributed by atoms with van der Waals surface area (Å²) in [5.74, 6) is -0.889. The van der Waals surface area contributed by atoms with Crippen LogP contribution in [0.25, 0.3) is 6.08 Å². The topological polar surface area (TPSA) is 73.1 Å². The van der Waals surface area contributed by atoms with Crippen LogP contribution in [0.4, 0.5) is 18.9 Å². The molecule has 2 N–H and O–H groups in total. The van der Waals surface area contributed by atoms with Crippen molar-refractivity contribution in [3.05, 3.63) is 65.2 Å². The molecule has 0 heterocycles. The summed E-state index contributed by atoms with van der Waals surface area (Å²) in [6, 6.07) is 11.6. The molecule has 4 nitrogen and oxygen atoms in total. The average Bonchev–Trinajstić information content (AvgIpc) is 2.52. The number of nitrogens with one attached hydrogen (secondary N) is 1. The Balaban J connectivity index is 2.23. The summed E-state index contributed by atoms with van der Waals surface area (Å²) < 4.78 is 38.0. The lowest BCUT2D eigenvalue weighted by molar-refractivity contribution is -0.137. The molecule has 0 aliphatic rings. The fraction of sp³-hybridized carbons (Fsp3) is 0.0588. The van der Waals surface area contributed by atoms with Crippen LogP contribution in [0, 0.1) is 11.3 Å². The number of aromatic hydroxyl groups is 1. The number of anilines is 1. The van der Waals surface area contributed by atoms with Gasteiger partial charge in [0.05, 0.1) is 5.56 Å². The molecule has 2 rings (SSSR count). The van der Waals surface area contributed by atoms with Crippen molar-refractivity contribution in [1.29, 1.82) is 5.26 Å². The van der Waals surface area contributed by atoms with Gasteiger partial charge in [-0.2, -0.15) is 18.4 Å². The van der Waals surface area contributed by atoms with Gasteiger partial charge in [-0.3, -0.25) is 4.79 Å². The molecule has 0 saturated heterocycles. The van der Waals surface area contributed by atoms with E-state index in [2.05, 4.69) is 5.32 Å². The largest absolute Gasteiger partial charge is 0.508 e. The predicted octanol–water partition coefficient (Wildman–Crippen LogP) is 3.96. The third-order valence-electron chi connectivity index (χ3n) is 2.99. The molecule has 0 aromatic heterocycles. The molecule has 0 aliphatic carbocycles. The highest BCUT2D eigenvalue weighted by molar-refractivity contribution is 6.09. The molecule has 0 aliphatic heterocycles. The van der Waals surface area contributed by atoms with Crippen LogP contribution in [0.2, 0.25) is 0 Å². The zero-order valence-electron chi connectivity index (χ0n) is 12.1. The van der Waals surface area contributed by atoms with E-state index < -0.39 is 17.6 Å². The summed E-state index contributed by atoms with van der Waals surface area (Å²) >= 11 is 0. The van der Waals surface area contributed by atoms with E-state index in [1.165, 1.54) is 30.3 Å². The first-order chi connectivity index (χ1) is 11.3. The molecule has 0 fully saturated rings. The highest BCUT2D eigenvalue weighted by Gasteiger charge is 2.30. The zero-order valence-corrected chi connectivity index (χ0v) is 12.1. The van der Waals surface area contributed by atoms with Gasteiger partial charge in [0, 0.05) is 5.69 Å². The molecule has 2 aromatic carbocycles. The maximum absolute atomic E-state index is 12.7. The third kappa shape index (κ3) is 4.36. The number of halogens is 3. The van der Waals surface area contributed by atoms with E-state index in [1.807, 2.05) is 0 Å². The molecule has 0 unspecified atom stereocenters. The summed E-state index contributed by atoms with van der Waals surface area (Å²) in [5.41, 5.74) is -0.883. The maximum atomic E-state index is 12.7. The lowest BCUT2D eigenvalue weighted by Crippen LogP contribution is -2.14. The van der Waals surface area contributed by atoms with E-state index in [9.17, 15) is 23.1 Å². The van der Waals surface area contributed by atoms with Crippen LogP contribution in [0.3, 0.4) is 0 Å². The molecule has 24 heavy (non-hydrogen) atoms. The Kier molecular flexibility index (Phi) is 4.90. The molecule has 1 amide bonds. The van der Waals surface area contributed by atoms with E-state index in [0.29, 0.717) is 5.56 Å². The van der Waals surface area contributed by atoms with Crippen LogP contribution in [0.1, 0.15) is 11.1 Å². The molecule has 122 valence electrons. The maximum Gasteiger partial charge on any atom is 0.416 e. The predicted molar refractivity (Wildman–Crippen MR) is 81.8 cm³/mol. The van der Waals surface area contributed by atoms with Crippen LogP contribution in [-0.2, 0) is 11.0 Å². The van der Waals surface area contributed by atoms with Crippen LogP contribution < -0.4 is 5.32 Å². The number of benzene rings is 2. The summed E-state index contributed by atoms with van der Waals surface area (Å²) in [4.78, 5) is 12.0. The molecule has 0 saturated carbocycles. The third-order valence-corrected chi connectivity index (χ3v) is 2.99. The molecular weight excluding hydrogens is 321 g/mol. The first-order valence-corrected chi connectivity index (χ1v) is 6.69. The lowest BCUT2D eigenvalue weighted by Gasteiger charge is -2.09. The van der Waals surface area contributed by atoms with Gasteiger partial charge in [-0.25, -0.2) is 0 Å². The number of carbonyl (C=O) groups excluding carboxylic acids is 1. The average molecular weight is 332 g/mol. The van der Waals surface area contributed by atoms with Crippen molar-refractivity contribution in [3.8, 4) is 11.8 Å². The number of nitriles is 1. The fourth-order valence-corrected chi connectivity index (χ4v) is 1.90. The molecule has 0 bridgehead atoms. The molecule has 7 heteroatoms. The van der Waals surface area contributed by atoms with Gasteiger partial charge in [0.1, 0.15) is 17.4 Å². The van der Waals surface area contributed by atoms with Gasteiger partial charge in [0.2, 0.25) is 0 Å². The summed E-state index contributed by atoms with van der Waals surface area (Å²) in [5, 5.41) is 20.7. The standard InChI is InChI=1S/C17H11F3N2O2/c18-17(19,20)13-4-2-5-14(9-13)22-16(24)12(10-21)7-11-3-1-6-15(23)8-11/h1-9,23H,(H,22,24). The van der Waals surface area contributed by atoms with E-state index in [-0.39, 0.29) is 17.0 Å². The van der Waals surface area contributed by atoms with Crippen molar-refractivity contribution < 1.29 is 23.1 Å². The Morgan fingerprint density at radius 3 is 2.50 bits per heavy atom. The number of alkyl halides is 3. The Morgan fingerprint density at radius 1 is 1.17 bits per heavy atom. The normalized spacial score (nSPS) is 11.7. The quantitative estimate of drug-likeness (QED) is 0.660. The summed E-state index contributed by atoms with van der Waals surface area (Å²) in [7, 11) is 0. The second kappa shape index (κ2) is 6.87. The van der Waals surface area contributed by atoms with Gasteiger partial charge in [-0.1, -0.05) is 18.2 Å². The molecular formula is C17H11F3N2O2. The van der Waals surface area contributed by atoms with Crippen LogP contribution in [0.5, 0.6) is 5.75 Å². The van der Waals surface area contributed by atoms with Crippen molar-refractivity contribution in [2.45, 2.75) is 6.18 Å². The lowest BCUT2D eigenvalue weighted by atomic mass is 10.1. The molecule has 0 spiro atoms. The zero-order chi connectivity index (χ0) is 17.7. The van der Waals surface area contributed by atoms with E-state index in [4.69, 9.17) is 5.26 Å². The minimum Gasteiger partial charge on any atom is -0.508 e. The van der Waals surface area contributed by atoms with Gasteiger partial charge < -0.3 is 10.4 Å². The van der Waals surface area contributed by atoms with E-state index in [1.54, 1.807) is 12.1 Å². The second-order valence-electron chi connectivity index (χ2n) is 4.80. The minimum atomic E-state index is -4.53. The Bertz CT molecular complexity index is 836. The number of amides is 1. The van der Waals surface area contributed by atoms with Gasteiger partial charge >= 0.3 is 6.18 Å². The monoisotopic (exact) mass is 332 g/mol. The fourth-order valence-electron chi connectivity index (χ4n) is 1.90. The number of rotatable bonds is 3. The van der Waals surface area contributed by atoms with Crippen LogP contribution >= 0.6 is 0 Å². The second-order valence-corrected chi connectivity index (χ2v) is 4.80. The smallest absolute Gasteiger partial charge is 0.416 e. The SMILES string of the molecule is N#CC(=Cc1cccc(O)c1)C(=O)Nc1cccc(C(F)(F)F)c1. The Labute approximate surface area is 135 Å². The highest BCUT2D eigenvalue weighted by Crippen LogP contribution is 2.30. The van der Waals surface area contributed by atoms with Crippen molar-refractivity contribution in [1.82, 2.24) is 0 Å². The summed E-state index contributed by atoms with van der Waals surface area (Å²) in [6.07, 6.45) is -3.31. The van der Waals surface area contributed by atoms with Crippen molar-refractivity contribution >= 4 is 17.7 Å². The van der Waals surface area contributed by atoms with Crippen LogP contribution in [0.15, 0.2) is 54.1 Å². The highest BCUT2D eigenvalue weighted by atomic mass is 19.4. The molecule has 2 aromatic rings. The molecule has 0 radical (unpaired) electrons. The molecule has 0 atom stereocenters. The number of nitrogens with zero attached hydrogens (tertiary/aromatic N) is 1. The van der Waals surface area contributed by atoms with E-state index in [0.717, 1.165) is 18.2 Å². The van der Waals surface area contributed by atoms with Gasteiger partial charge in [0.15, 0.2) is 0 Å². The first-order valence-electron chi connectivity index (χ1n) is 6.69. The number of carbonyl (C=O) groups is 1. The number of phenolic OH excluding ortho intramolecular Hbond substituents is 1. The Morgan fingerprint density at radius 2 is 1.88 bits per heavy atom. The van der Waals surface area contributed by atoms with Crippen LogP contribution in [-0.4, -0.2) is 11.0 Å². The van der Waals surface area contributed by atoms with Crippen molar-refractivity contribution in [2.75, 3.05) is 5.32 Å². The first kappa shape index (κ1) is 17.1. The van der Waals surface area contributed by atoms with Crippen molar-refractivity contribution in [2.24, 2.45) is 0 Å². The summed E-state index contributed by atoms with van der Waals surface area (Å²) in [6.45, 7) is 0. The number of phenols is 1. The van der Waals surface area contributed by atoms with Gasteiger partial charge in [0.25, 0.3) is 5.91 Å². The van der Waals surface area contributed by atoms with Gasteiger partial charge in [-0.05, 0) is 42.0 Å². The van der Waals surface area contributed by atoms with Crippen molar-refractivity contribution in [3.63, 3.8) is 0 Å². The number of hydrogen-bond acceptors (Lipinski definition) is 3. The van der Waals surface area contributed by atoms with E-state index >= 15 is 0 Å². The minimum absolute atomic E-state index is 0.0423. The Hall–Kier alpha value is -3.27. The number of hydrogen-bond donors (Lipinski definition) is 2. The van der Waals surface area contributed by atoms with Gasteiger partial charge in [-0.15, -0.1) is 0 Å².